The molecule has 2 aliphatic rings. The first kappa shape index (κ1) is 12.1. The Morgan fingerprint density at radius 1 is 0.800 bits per heavy atom. The maximum absolute atomic E-state index is 5.97. The van der Waals surface area contributed by atoms with Crippen LogP contribution in [0.25, 0.3) is 0 Å². The second-order valence-corrected chi connectivity index (χ2v) is 6.55. The Labute approximate surface area is 101 Å². The summed E-state index contributed by atoms with van der Waals surface area (Å²) >= 11 is 3.93. The van der Waals surface area contributed by atoms with Crippen molar-refractivity contribution in [2.75, 3.05) is 30.5 Å². The van der Waals surface area contributed by atoms with E-state index in [1.807, 2.05) is 11.8 Å². The minimum atomic E-state index is -0.278. The summed E-state index contributed by atoms with van der Waals surface area (Å²) in [7, 11) is 0. The highest BCUT2D eigenvalue weighted by Crippen LogP contribution is 2.38. The third-order valence-corrected chi connectivity index (χ3v) is 5.24. The highest BCUT2D eigenvalue weighted by molar-refractivity contribution is 8.00. The standard InChI is InChI=1S/C11H20O2S2/c1-2-8-14-9-3-6-12-11(5-1)13-7-4-10-15-11/h1-10H2. The van der Waals surface area contributed by atoms with Crippen LogP contribution < -0.4 is 0 Å². The minimum absolute atomic E-state index is 0.278. The van der Waals surface area contributed by atoms with Crippen LogP contribution in [-0.4, -0.2) is 35.6 Å². The lowest BCUT2D eigenvalue weighted by atomic mass is 10.2. The fourth-order valence-electron chi connectivity index (χ4n) is 1.89. The molecule has 1 unspecified atom stereocenters. The minimum Gasteiger partial charge on any atom is -0.341 e. The van der Waals surface area contributed by atoms with Gasteiger partial charge in [-0.3, -0.25) is 0 Å². The van der Waals surface area contributed by atoms with Gasteiger partial charge in [-0.25, -0.2) is 0 Å². The SMILES string of the molecule is C1CCC2(OCCCSC1)OCCCS2. The molecule has 0 aromatic heterocycles. The Hall–Kier alpha value is 0.620. The first-order valence-corrected chi connectivity index (χ1v) is 8.05. The van der Waals surface area contributed by atoms with Crippen LogP contribution in [0.4, 0.5) is 0 Å². The molecule has 0 radical (unpaired) electrons. The summed E-state index contributed by atoms with van der Waals surface area (Å²) < 4.78 is 11.8. The van der Waals surface area contributed by atoms with E-state index in [2.05, 4.69) is 11.8 Å². The lowest BCUT2D eigenvalue weighted by Gasteiger charge is -2.36. The van der Waals surface area contributed by atoms with Gasteiger partial charge in [0.05, 0.1) is 13.2 Å². The quantitative estimate of drug-likeness (QED) is 0.655. The Bertz CT molecular complexity index is 169. The zero-order valence-corrected chi connectivity index (χ0v) is 10.8. The molecular weight excluding hydrogens is 228 g/mol. The van der Waals surface area contributed by atoms with E-state index in [4.69, 9.17) is 9.47 Å². The van der Waals surface area contributed by atoms with Crippen molar-refractivity contribution in [3.63, 3.8) is 0 Å². The van der Waals surface area contributed by atoms with E-state index in [0.717, 1.165) is 26.1 Å². The predicted octanol–water partition coefficient (Wildman–Crippen LogP) is 3.12. The summed E-state index contributed by atoms with van der Waals surface area (Å²) in [6, 6.07) is 0. The largest absolute Gasteiger partial charge is 0.341 e. The van der Waals surface area contributed by atoms with Crippen molar-refractivity contribution < 1.29 is 9.47 Å². The molecule has 2 rings (SSSR count). The van der Waals surface area contributed by atoms with Crippen LogP contribution in [0, 0.1) is 0 Å². The van der Waals surface area contributed by atoms with Crippen molar-refractivity contribution in [1.29, 1.82) is 0 Å². The van der Waals surface area contributed by atoms with Gasteiger partial charge in [0.2, 0.25) is 5.12 Å². The molecule has 2 fully saturated rings. The highest BCUT2D eigenvalue weighted by atomic mass is 32.2. The number of thioether (sulfide) groups is 2. The molecule has 4 heteroatoms. The van der Waals surface area contributed by atoms with Crippen molar-refractivity contribution in [2.24, 2.45) is 0 Å². The van der Waals surface area contributed by atoms with Gasteiger partial charge in [0, 0.05) is 12.2 Å². The third-order valence-electron chi connectivity index (χ3n) is 2.71. The first-order chi connectivity index (χ1) is 7.41. The summed E-state index contributed by atoms with van der Waals surface area (Å²) in [6.07, 6.45) is 5.94. The van der Waals surface area contributed by atoms with Gasteiger partial charge >= 0.3 is 0 Å². The van der Waals surface area contributed by atoms with Gasteiger partial charge in [-0.05, 0) is 37.2 Å². The Morgan fingerprint density at radius 2 is 1.53 bits per heavy atom. The topological polar surface area (TPSA) is 18.5 Å². The number of ether oxygens (including phenoxy) is 2. The zero-order chi connectivity index (χ0) is 10.4. The van der Waals surface area contributed by atoms with Gasteiger partial charge in [0.15, 0.2) is 0 Å². The maximum atomic E-state index is 5.97. The van der Waals surface area contributed by atoms with Crippen molar-refractivity contribution in [3.05, 3.63) is 0 Å². The van der Waals surface area contributed by atoms with Crippen LogP contribution in [0.1, 0.15) is 32.1 Å². The maximum Gasteiger partial charge on any atom is 0.218 e. The van der Waals surface area contributed by atoms with Gasteiger partial charge in [-0.2, -0.15) is 11.8 Å². The molecule has 0 N–H and O–H groups in total. The van der Waals surface area contributed by atoms with E-state index in [0.29, 0.717) is 0 Å². The molecule has 0 amide bonds. The van der Waals surface area contributed by atoms with E-state index in [-0.39, 0.29) is 5.12 Å². The summed E-state index contributed by atoms with van der Waals surface area (Å²) in [6.45, 7) is 1.74. The molecule has 0 saturated carbocycles. The summed E-state index contributed by atoms with van der Waals surface area (Å²) in [5.74, 6) is 3.73. The molecule has 1 atom stereocenters. The molecule has 2 nitrogen and oxygen atoms in total. The van der Waals surface area contributed by atoms with Gasteiger partial charge in [-0.15, -0.1) is 0 Å². The van der Waals surface area contributed by atoms with Gasteiger partial charge in [0.1, 0.15) is 0 Å². The second-order valence-electron chi connectivity index (χ2n) is 4.00. The van der Waals surface area contributed by atoms with Crippen molar-refractivity contribution in [1.82, 2.24) is 0 Å². The van der Waals surface area contributed by atoms with Crippen LogP contribution >= 0.6 is 23.5 Å². The monoisotopic (exact) mass is 248 g/mol. The van der Waals surface area contributed by atoms with Gasteiger partial charge < -0.3 is 9.47 Å². The fraction of sp³-hybridized carbons (Fsp3) is 1.00. The molecule has 2 heterocycles. The van der Waals surface area contributed by atoms with E-state index in [1.54, 1.807) is 0 Å². The molecule has 1 spiro atoms. The number of rotatable bonds is 0. The Balaban J connectivity index is 1.87. The molecule has 0 aliphatic carbocycles. The second kappa shape index (κ2) is 6.38. The third kappa shape index (κ3) is 3.84. The van der Waals surface area contributed by atoms with Crippen molar-refractivity contribution in [2.45, 2.75) is 37.2 Å². The van der Waals surface area contributed by atoms with Gasteiger partial charge in [0.25, 0.3) is 0 Å². The molecular formula is C11H20O2S2. The van der Waals surface area contributed by atoms with Crippen LogP contribution in [0.5, 0.6) is 0 Å². The molecule has 2 aliphatic heterocycles. The molecule has 88 valence electrons. The van der Waals surface area contributed by atoms with E-state index < -0.39 is 0 Å². The Kier molecular flexibility index (Phi) is 5.14. The van der Waals surface area contributed by atoms with Crippen LogP contribution in [0.15, 0.2) is 0 Å². The zero-order valence-electron chi connectivity index (χ0n) is 9.20. The molecule has 15 heavy (non-hydrogen) atoms. The van der Waals surface area contributed by atoms with Crippen molar-refractivity contribution >= 4 is 23.5 Å². The smallest absolute Gasteiger partial charge is 0.218 e. The molecule has 0 aromatic rings. The first-order valence-electron chi connectivity index (χ1n) is 5.91. The van der Waals surface area contributed by atoms with Crippen LogP contribution in [0.2, 0.25) is 0 Å². The normalized spacial score (nSPS) is 35.2. The van der Waals surface area contributed by atoms with E-state index in [1.165, 1.54) is 36.5 Å². The predicted molar refractivity (Wildman–Crippen MR) is 67.5 cm³/mol. The summed E-state index contributed by atoms with van der Waals surface area (Å²) in [4.78, 5) is 0. The summed E-state index contributed by atoms with van der Waals surface area (Å²) in [5.41, 5.74) is 0. The summed E-state index contributed by atoms with van der Waals surface area (Å²) in [5, 5.41) is -0.278. The van der Waals surface area contributed by atoms with E-state index in [9.17, 15) is 0 Å². The Morgan fingerprint density at radius 3 is 2.33 bits per heavy atom. The lowest BCUT2D eigenvalue weighted by molar-refractivity contribution is -0.179. The average Bonchev–Trinajstić information content (AvgIpc) is 2.29. The fourth-order valence-corrected chi connectivity index (χ4v) is 4.02. The van der Waals surface area contributed by atoms with Crippen LogP contribution in [-0.2, 0) is 9.47 Å². The number of hydrogen-bond donors (Lipinski definition) is 0. The van der Waals surface area contributed by atoms with Crippen LogP contribution in [0.3, 0.4) is 0 Å². The van der Waals surface area contributed by atoms with Crippen molar-refractivity contribution in [3.8, 4) is 0 Å². The highest BCUT2D eigenvalue weighted by Gasteiger charge is 2.34. The van der Waals surface area contributed by atoms with Gasteiger partial charge in [-0.1, -0.05) is 11.8 Å². The molecule has 0 bridgehead atoms. The number of hydrogen-bond acceptors (Lipinski definition) is 4. The molecule has 2 saturated heterocycles. The van der Waals surface area contributed by atoms with E-state index >= 15 is 0 Å². The molecule has 0 aromatic carbocycles. The average molecular weight is 248 g/mol. The lowest BCUT2D eigenvalue weighted by Crippen LogP contribution is -2.37.